The number of nitrogens with one attached hydrogen (secondary N) is 1. The average molecular weight is 267 g/mol. The number of carbonyl (C=O) groups is 2. The molecule has 1 aromatic rings. The molecule has 1 N–H and O–H groups in total. The van der Waals surface area contributed by atoms with Crippen LogP contribution >= 0.6 is 0 Å². The van der Waals surface area contributed by atoms with Crippen molar-refractivity contribution in [2.24, 2.45) is 0 Å². The van der Waals surface area contributed by atoms with Crippen molar-refractivity contribution < 1.29 is 19.1 Å². The third-order valence-electron chi connectivity index (χ3n) is 1.78. The molecule has 19 heavy (non-hydrogen) atoms. The molecule has 1 rings (SSSR count). The minimum Gasteiger partial charge on any atom is -0.461 e. The van der Waals surface area contributed by atoms with Crippen LogP contribution in [0.4, 0.5) is 10.6 Å². The van der Waals surface area contributed by atoms with Crippen LogP contribution in [0, 0.1) is 0 Å². The first-order valence-electron chi connectivity index (χ1n) is 5.82. The fourth-order valence-corrected chi connectivity index (χ4v) is 1.12. The van der Waals surface area contributed by atoms with E-state index in [1.807, 2.05) is 0 Å². The fraction of sp³-hybridized carbons (Fsp3) is 0.500. The molecule has 7 heteroatoms. The maximum Gasteiger partial charge on any atom is 0.413 e. The first kappa shape index (κ1) is 14.9. The van der Waals surface area contributed by atoms with E-state index in [0.29, 0.717) is 0 Å². The van der Waals surface area contributed by atoms with Gasteiger partial charge in [-0.15, -0.1) is 10.2 Å². The Morgan fingerprint density at radius 2 is 1.95 bits per heavy atom. The summed E-state index contributed by atoms with van der Waals surface area (Å²) in [5, 5.41) is 9.75. The molecular weight excluding hydrogens is 250 g/mol. The second kappa shape index (κ2) is 6.12. The summed E-state index contributed by atoms with van der Waals surface area (Å²) in [5.41, 5.74) is -0.515. The van der Waals surface area contributed by atoms with Crippen molar-refractivity contribution in [1.82, 2.24) is 10.2 Å². The molecule has 0 atom stereocenters. The number of anilines is 1. The van der Waals surface area contributed by atoms with Crippen molar-refractivity contribution >= 4 is 17.9 Å². The van der Waals surface area contributed by atoms with Gasteiger partial charge >= 0.3 is 12.1 Å². The van der Waals surface area contributed by atoms with Crippen LogP contribution in [0.3, 0.4) is 0 Å². The summed E-state index contributed by atoms with van der Waals surface area (Å²) in [7, 11) is 0. The van der Waals surface area contributed by atoms with Gasteiger partial charge in [-0.05, 0) is 39.8 Å². The molecular formula is C12H17N3O4. The van der Waals surface area contributed by atoms with Crippen LogP contribution in [0.2, 0.25) is 0 Å². The van der Waals surface area contributed by atoms with Crippen molar-refractivity contribution in [3.05, 3.63) is 17.8 Å². The first-order valence-corrected chi connectivity index (χ1v) is 5.82. The van der Waals surface area contributed by atoms with Gasteiger partial charge in [0.25, 0.3) is 0 Å². The lowest BCUT2D eigenvalue weighted by Crippen LogP contribution is -2.27. The number of nitrogens with zero attached hydrogens (tertiary/aromatic N) is 2. The van der Waals surface area contributed by atoms with Crippen molar-refractivity contribution in [1.29, 1.82) is 0 Å². The van der Waals surface area contributed by atoms with Gasteiger partial charge in [-0.2, -0.15) is 0 Å². The largest absolute Gasteiger partial charge is 0.461 e. The van der Waals surface area contributed by atoms with Crippen LogP contribution in [0.25, 0.3) is 0 Å². The van der Waals surface area contributed by atoms with E-state index in [2.05, 4.69) is 15.5 Å². The molecule has 0 unspecified atom stereocenters. The molecule has 0 bridgehead atoms. The number of ether oxygens (including phenoxy) is 2. The molecule has 1 heterocycles. The zero-order valence-corrected chi connectivity index (χ0v) is 11.4. The molecule has 0 saturated heterocycles. The van der Waals surface area contributed by atoms with Gasteiger partial charge in [0, 0.05) is 0 Å². The van der Waals surface area contributed by atoms with Gasteiger partial charge < -0.3 is 9.47 Å². The summed E-state index contributed by atoms with van der Waals surface area (Å²) < 4.78 is 9.81. The molecule has 0 radical (unpaired) electrons. The lowest BCUT2D eigenvalue weighted by Gasteiger charge is -2.19. The summed E-state index contributed by atoms with van der Waals surface area (Å²) >= 11 is 0. The number of amides is 1. The average Bonchev–Trinajstić information content (AvgIpc) is 2.27. The van der Waals surface area contributed by atoms with E-state index in [4.69, 9.17) is 9.47 Å². The van der Waals surface area contributed by atoms with Gasteiger partial charge in [0.05, 0.1) is 6.61 Å². The van der Waals surface area contributed by atoms with E-state index in [9.17, 15) is 9.59 Å². The number of rotatable bonds is 3. The SMILES string of the molecule is CCOC(=O)c1ccc(NC(=O)OC(C)(C)C)nn1. The van der Waals surface area contributed by atoms with E-state index >= 15 is 0 Å². The summed E-state index contributed by atoms with van der Waals surface area (Å²) in [6.45, 7) is 7.22. The molecule has 0 fully saturated rings. The van der Waals surface area contributed by atoms with E-state index in [1.54, 1.807) is 27.7 Å². The highest BCUT2D eigenvalue weighted by Crippen LogP contribution is 2.09. The Hall–Kier alpha value is -2.18. The van der Waals surface area contributed by atoms with E-state index in [1.165, 1.54) is 12.1 Å². The molecule has 104 valence electrons. The van der Waals surface area contributed by atoms with Crippen molar-refractivity contribution in [3.63, 3.8) is 0 Å². The monoisotopic (exact) mass is 267 g/mol. The van der Waals surface area contributed by atoms with Crippen LogP contribution < -0.4 is 5.32 Å². The predicted molar refractivity (Wildman–Crippen MR) is 67.8 cm³/mol. The fourth-order valence-electron chi connectivity index (χ4n) is 1.12. The molecule has 0 spiro atoms. The highest BCUT2D eigenvalue weighted by molar-refractivity contribution is 5.88. The molecule has 1 amide bonds. The normalized spacial score (nSPS) is 10.7. The molecule has 7 nitrogen and oxygen atoms in total. The highest BCUT2D eigenvalue weighted by atomic mass is 16.6. The lowest BCUT2D eigenvalue weighted by molar-refractivity contribution is 0.0518. The van der Waals surface area contributed by atoms with Crippen LogP contribution in [-0.4, -0.2) is 34.5 Å². The Kier molecular flexibility index (Phi) is 4.80. The topological polar surface area (TPSA) is 90.4 Å². The van der Waals surface area contributed by atoms with Crippen molar-refractivity contribution in [2.45, 2.75) is 33.3 Å². The number of hydrogen-bond donors (Lipinski definition) is 1. The van der Waals surface area contributed by atoms with Crippen molar-refractivity contribution in [2.75, 3.05) is 11.9 Å². The van der Waals surface area contributed by atoms with Crippen LogP contribution in [0.15, 0.2) is 12.1 Å². The zero-order chi connectivity index (χ0) is 14.5. The maximum atomic E-state index is 11.5. The molecule has 0 aromatic carbocycles. The standard InChI is InChI=1S/C12H17N3O4/c1-5-18-10(16)8-6-7-9(15-14-8)13-11(17)19-12(2,3)4/h6-7H,5H2,1-4H3,(H,13,15,17). The summed E-state index contributed by atoms with van der Waals surface area (Å²) in [4.78, 5) is 22.8. The summed E-state index contributed by atoms with van der Waals surface area (Å²) in [6.07, 6.45) is -0.634. The molecule has 0 saturated carbocycles. The van der Waals surface area contributed by atoms with Gasteiger partial charge in [-0.25, -0.2) is 9.59 Å². The van der Waals surface area contributed by atoms with E-state index in [0.717, 1.165) is 0 Å². The molecule has 0 aliphatic rings. The number of carbonyl (C=O) groups excluding carboxylic acids is 2. The van der Waals surface area contributed by atoms with Crippen LogP contribution in [0.5, 0.6) is 0 Å². The predicted octanol–water partition coefficient (Wildman–Crippen LogP) is 2.00. The molecule has 1 aromatic heterocycles. The molecule has 0 aliphatic heterocycles. The second-order valence-corrected chi connectivity index (χ2v) is 4.65. The third kappa shape index (κ3) is 5.33. The minimum atomic E-state index is -0.634. The summed E-state index contributed by atoms with van der Waals surface area (Å²) in [6, 6.07) is 2.86. The van der Waals surface area contributed by atoms with Gasteiger partial charge in [0.15, 0.2) is 11.5 Å². The third-order valence-corrected chi connectivity index (χ3v) is 1.78. The second-order valence-electron chi connectivity index (χ2n) is 4.65. The lowest BCUT2D eigenvalue weighted by atomic mass is 10.2. The Morgan fingerprint density at radius 1 is 1.26 bits per heavy atom. The number of esters is 1. The Bertz CT molecular complexity index is 451. The maximum absolute atomic E-state index is 11.5. The number of aromatic nitrogens is 2. The van der Waals surface area contributed by atoms with E-state index < -0.39 is 17.7 Å². The Morgan fingerprint density at radius 3 is 2.42 bits per heavy atom. The zero-order valence-electron chi connectivity index (χ0n) is 11.4. The van der Waals surface area contributed by atoms with Crippen LogP contribution in [-0.2, 0) is 9.47 Å². The molecule has 0 aliphatic carbocycles. The van der Waals surface area contributed by atoms with Gasteiger partial charge in [0.2, 0.25) is 0 Å². The van der Waals surface area contributed by atoms with Gasteiger partial charge in [-0.3, -0.25) is 5.32 Å². The van der Waals surface area contributed by atoms with Gasteiger partial charge in [-0.1, -0.05) is 0 Å². The Balaban J connectivity index is 2.62. The van der Waals surface area contributed by atoms with E-state index in [-0.39, 0.29) is 18.1 Å². The Labute approximate surface area is 111 Å². The van der Waals surface area contributed by atoms with Gasteiger partial charge in [0.1, 0.15) is 5.60 Å². The number of hydrogen-bond acceptors (Lipinski definition) is 6. The smallest absolute Gasteiger partial charge is 0.413 e. The summed E-state index contributed by atoms with van der Waals surface area (Å²) in [5.74, 6) is -0.360. The highest BCUT2D eigenvalue weighted by Gasteiger charge is 2.17. The van der Waals surface area contributed by atoms with Crippen molar-refractivity contribution in [3.8, 4) is 0 Å². The minimum absolute atomic E-state index is 0.0802. The first-order chi connectivity index (χ1) is 8.81. The quantitative estimate of drug-likeness (QED) is 0.842. The van der Waals surface area contributed by atoms with Crippen LogP contribution in [0.1, 0.15) is 38.2 Å².